The maximum Gasteiger partial charge on any atom is 0.123 e. The highest BCUT2D eigenvalue weighted by atomic mass is 19.1. The van der Waals surface area contributed by atoms with E-state index in [1.807, 2.05) is 6.07 Å². The van der Waals surface area contributed by atoms with Crippen molar-refractivity contribution in [2.45, 2.75) is 12.5 Å². The molecule has 1 aromatic heterocycles. The lowest BCUT2D eigenvalue weighted by molar-refractivity contribution is 0.187. The van der Waals surface area contributed by atoms with E-state index in [1.54, 1.807) is 19.4 Å². The molecule has 0 saturated carbocycles. The Morgan fingerprint density at radius 3 is 3.06 bits per heavy atom. The lowest BCUT2D eigenvalue weighted by atomic mass is 10.2. The molecule has 0 spiro atoms. The van der Waals surface area contributed by atoms with Gasteiger partial charge in [0.25, 0.3) is 0 Å². The molecule has 1 unspecified atom stereocenters. The number of rotatable bonds is 5. The highest BCUT2D eigenvalue weighted by Gasteiger charge is 2.11. The molecule has 1 atom stereocenters. The Bertz CT molecular complexity index is 512. The lowest BCUT2D eigenvalue weighted by Crippen LogP contribution is -2.14. The number of halogens is 1. The molecule has 0 bridgehead atoms. The van der Waals surface area contributed by atoms with Gasteiger partial charge in [0, 0.05) is 19.3 Å². The number of imidazole rings is 1. The van der Waals surface area contributed by atoms with Crippen LogP contribution < -0.4 is 5.73 Å². The zero-order chi connectivity index (χ0) is 13.0. The van der Waals surface area contributed by atoms with E-state index in [0.717, 1.165) is 11.3 Å². The minimum Gasteiger partial charge on any atom is -0.385 e. The first kappa shape index (κ1) is 12.7. The monoisotopic (exact) mass is 249 g/mol. The summed E-state index contributed by atoms with van der Waals surface area (Å²) in [7, 11) is 1.63. The van der Waals surface area contributed by atoms with Crippen LogP contribution in [0, 0.1) is 5.82 Å². The van der Waals surface area contributed by atoms with E-state index in [-0.39, 0.29) is 11.9 Å². The summed E-state index contributed by atoms with van der Waals surface area (Å²) in [6.45, 7) is 0.581. The highest BCUT2D eigenvalue weighted by molar-refractivity contribution is 5.58. The third-order valence-electron chi connectivity index (χ3n) is 2.72. The molecule has 18 heavy (non-hydrogen) atoms. The minimum absolute atomic E-state index is 0.202. The van der Waals surface area contributed by atoms with Crippen molar-refractivity contribution >= 4 is 0 Å². The predicted octanol–water partition coefficient (Wildman–Crippen LogP) is 2.25. The van der Waals surface area contributed by atoms with Gasteiger partial charge in [-0.2, -0.15) is 0 Å². The molecule has 2 rings (SSSR count). The van der Waals surface area contributed by atoms with E-state index in [9.17, 15) is 4.39 Å². The van der Waals surface area contributed by atoms with Crippen LogP contribution in [0.3, 0.4) is 0 Å². The number of aromatic amines is 1. The molecule has 0 aliphatic heterocycles. The van der Waals surface area contributed by atoms with Gasteiger partial charge >= 0.3 is 0 Å². The summed E-state index contributed by atoms with van der Waals surface area (Å²) in [6.07, 6.45) is 2.35. The van der Waals surface area contributed by atoms with E-state index in [2.05, 4.69) is 9.97 Å². The zero-order valence-corrected chi connectivity index (χ0v) is 10.2. The fourth-order valence-electron chi connectivity index (χ4n) is 1.71. The van der Waals surface area contributed by atoms with Crippen molar-refractivity contribution in [3.63, 3.8) is 0 Å². The lowest BCUT2D eigenvalue weighted by Gasteiger charge is -2.07. The molecule has 0 aliphatic carbocycles. The van der Waals surface area contributed by atoms with Gasteiger partial charge in [-0.15, -0.1) is 0 Å². The van der Waals surface area contributed by atoms with Gasteiger partial charge in [0.2, 0.25) is 0 Å². The number of H-pyrrole nitrogens is 1. The second-order valence-corrected chi connectivity index (χ2v) is 4.08. The van der Waals surface area contributed by atoms with Crippen molar-refractivity contribution in [2.24, 2.45) is 5.73 Å². The van der Waals surface area contributed by atoms with Crippen LogP contribution in [-0.4, -0.2) is 23.7 Å². The Labute approximate surface area is 105 Å². The molecule has 96 valence electrons. The maximum absolute atomic E-state index is 13.1. The highest BCUT2D eigenvalue weighted by Crippen LogP contribution is 2.20. The third kappa shape index (κ3) is 2.94. The summed E-state index contributed by atoms with van der Waals surface area (Å²) in [5.74, 6) is 0.415. The Balaban J connectivity index is 2.15. The maximum atomic E-state index is 13.1. The Hall–Kier alpha value is -1.72. The quantitative estimate of drug-likeness (QED) is 0.854. The Morgan fingerprint density at radius 2 is 2.33 bits per heavy atom. The predicted molar refractivity (Wildman–Crippen MR) is 67.4 cm³/mol. The average molecular weight is 249 g/mol. The fraction of sp³-hybridized carbons (Fsp3) is 0.308. The van der Waals surface area contributed by atoms with Crippen molar-refractivity contribution in [3.05, 3.63) is 42.1 Å². The molecule has 4 nitrogen and oxygen atoms in total. The van der Waals surface area contributed by atoms with Crippen LogP contribution in [0.1, 0.15) is 18.3 Å². The van der Waals surface area contributed by atoms with Crippen molar-refractivity contribution in [1.29, 1.82) is 0 Å². The van der Waals surface area contributed by atoms with E-state index in [1.165, 1.54) is 12.1 Å². The van der Waals surface area contributed by atoms with E-state index < -0.39 is 0 Å². The first-order valence-corrected chi connectivity index (χ1v) is 5.76. The number of hydrogen-bond acceptors (Lipinski definition) is 3. The molecule has 0 saturated heterocycles. The minimum atomic E-state index is -0.271. The van der Waals surface area contributed by atoms with Crippen LogP contribution in [0.25, 0.3) is 11.3 Å². The number of methoxy groups -OCH3 is 1. The molecular weight excluding hydrogens is 233 g/mol. The van der Waals surface area contributed by atoms with Gasteiger partial charge < -0.3 is 15.5 Å². The Morgan fingerprint density at radius 1 is 1.50 bits per heavy atom. The van der Waals surface area contributed by atoms with E-state index in [0.29, 0.717) is 18.9 Å². The molecule has 0 amide bonds. The van der Waals surface area contributed by atoms with Crippen molar-refractivity contribution < 1.29 is 9.13 Å². The molecule has 2 aromatic rings. The number of nitrogens with two attached hydrogens (primary N) is 1. The summed E-state index contributed by atoms with van der Waals surface area (Å²) in [5.41, 5.74) is 7.47. The summed E-state index contributed by atoms with van der Waals surface area (Å²) in [5, 5.41) is 0. The van der Waals surface area contributed by atoms with Crippen LogP contribution in [0.2, 0.25) is 0 Å². The number of nitrogens with zero attached hydrogens (tertiary/aromatic N) is 1. The molecule has 0 aliphatic rings. The summed E-state index contributed by atoms with van der Waals surface area (Å²) < 4.78 is 18.1. The van der Waals surface area contributed by atoms with Gasteiger partial charge in [0.1, 0.15) is 11.6 Å². The number of aromatic nitrogens is 2. The van der Waals surface area contributed by atoms with Crippen molar-refractivity contribution in [3.8, 4) is 11.3 Å². The average Bonchev–Trinajstić information content (AvgIpc) is 2.85. The van der Waals surface area contributed by atoms with E-state index in [4.69, 9.17) is 10.5 Å². The van der Waals surface area contributed by atoms with E-state index >= 15 is 0 Å². The van der Waals surface area contributed by atoms with Gasteiger partial charge in [0.05, 0.1) is 17.9 Å². The first-order valence-electron chi connectivity index (χ1n) is 5.76. The SMILES string of the molecule is COCCC(N)c1ncc(-c2cccc(F)c2)[nH]1. The standard InChI is InChI=1S/C13H16FN3O/c1-18-6-5-11(15)13-16-8-12(17-13)9-3-2-4-10(14)7-9/h2-4,7-8,11H,5-6,15H2,1H3,(H,16,17). The van der Waals surface area contributed by atoms with Crippen molar-refractivity contribution in [1.82, 2.24) is 9.97 Å². The topological polar surface area (TPSA) is 63.9 Å². The van der Waals surface area contributed by atoms with Crippen molar-refractivity contribution in [2.75, 3.05) is 13.7 Å². The molecular formula is C13H16FN3O. The van der Waals surface area contributed by atoms with Gasteiger partial charge in [-0.25, -0.2) is 9.37 Å². The molecule has 1 heterocycles. The van der Waals surface area contributed by atoms with Gasteiger partial charge in [-0.05, 0) is 18.6 Å². The normalized spacial score (nSPS) is 12.6. The van der Waals surface area contributed by atoms with Gasteiger partial charge in [-0.1, -0.05) is 12.1 Å². The summed E-state index contributed by atoms with van der Waals surface area (Å²) in [4.78, 5) is 7.32. The first-order chi connectivity index (χ1) is 8.70. The largest absolute Gasteiger partial charge is 0.385 e. The molecule has 0 radical (unpaired) electrons. The second-order valence-electron chi connectivity index (χ2n) is 4.08. The zero-order valence-electron chi connectivity index (χ0n) is 10.2. The van der Waals surface area contributed by atoms with Crippen LogP contribution in [-0.2, 0) is 4.74 Å². The van der Waals surface area contributed by atoms with Crippen LogP contribution in [0.5, 0.6) is 0 Å². The third-order valence-corrected chi connectivity index (χ3v) is 2.72. The Kier molecular flexibility index (Phi) is 4.07. The molecule has 0 fully saturated rings. The fourth-order valence-corrected chi connectivity index (χ4v) is 1.71. The summed E-state index contributed by atoms with van der Waals surface area (Å²) >= 11 is 0. The summed E-state index contributed by atoms with van der Waals surface area (Å²) in [6, 6.07) is 6.15. The van der Waals surface area contributed by atoms with Gasteiger partial charge in [-0.3, -0.25) is 0 Å². The van der Waals surface area contributed by atoms with Crippen LogP contribution >= 0.6 is 0 Å². The van der Waals surface area contributed by atoms with Crippen LogP contribution in [0.15, 0.2) is 30.5 Å². The molecule has 5 heteroatoms. The molecule has 3 N–H and O–H groups in total. The second kappa shape index (κ2) is 5.75. The number of hydrogen-bond donors (Lipinski definition) is 2. The number of nitrogens with one attached hydrogen (secondary N) is 1. The smallest absolute Gasteiger partial charge is 0.123 e. The number of ether oxygens (including phenoxy) is 1. The van der Waals surface area contributed by atoms with Crippen LogP contribution in [0.4, 0.5) is 4.39 Å². The molecule has 1 aromatic carbocycles. The number of benzene rings is 1. The van der Waals surface area contributed by atoms with Gasteiger partial charge in [0.15, 0.2) is 0 Å².